The largest absolute Gasteiger partial charge is 0.481 e. The molecule has 7 nitrogen and oxygen atoms in total. The number of aliphatic carboxylic acids is 1. The van der Waals surface area contributed by atoms with Gasteiger partial charge in [0.1, 0.15) is 11.9 Å². The molecule has 0 aliphatic heterocycles. The van der Waals surface area contributed by atoms with Crippen molar-refractivity contribution in [3.8, 4) is 0 Å². The van der Waals surface area contributed by atoms with Gasteiger partial charge in [-0.1, -0.05) is 25.6 Å². The zero-order valence-corrected chi connectivity index (χ0v) is 12.9. The Morgan fingerprint density at radius 2 is 2.00 bits per heavy atom. The predicted octanol–water partition coefficient (Wildman–Crippen LogP) is 1.28. The highest BCUT2D eigenvalue weighted by molar-refractivity contribution is 7.99. The topological polar surface area (TPSA) is 97.1 Å². The standard InChI is InChI=1S/C12H20N4O3S/c1-5-13-11(19)8(4)16-10(7(2)3)14-15-12(16)20-6-9(17)18/h7-8H,5-6H2,1-4H3,(H,13,19)(H,17,18). The third-order valence-corrected chi connectivity index (χ3v) is 3.58. The maximum absolute atomic E-state index is 12.0. The zero-order valence-electron chi connectivity index (χ0n) is 12.1. The molecule has 1 rings (SSSR count). The molecule has 0 bridgehead atoms. The Morgan fingerprint density at radius 1 is 1.35 bits per heavy atom. The summed E-state index contributed by atoms with van der Waals surface area (Å²) in [6, 6.07) is -0.473. The fraction of sp³-hybridized carbons (Fsp3) is 0.667. The number of carbonyl (C=O) groups excluding carboxylic acids is 1. The van der Waals surface area contributed by atoms with Crippen molar-refractivity contribution in [1.82, 2.24) is 20.1 Å². The van der Waals surface area contributed by atoms with Gasteiger partial charge < -0.3 is 10.4 Å². The number of carbonyl (C=O) groups is 2. The van der Waals surface area contributed by atoms with Gasteiger partial charge in [0, 0.05) is 12.5 Å². The first-order valence-corrected chi connectivity index (χ1v) is 7.44. The second-order valence-corrected chi connectivity index (χ2v) is 5.56. The van der Waals surface area contributed by atoms with Crippen molar-refractivity contribution in [2.24, 2.45) is 0 Å². The van der Waals surface area contributed by atoms with Crippen LogP contribution in [0.2, 0.25) is 0 Å². The van der Waals surface area contributed by atoms with Crippen LogP contribution >= 0.6 is 11.8 Å². The summed E-state index contributed by atoms with van der Waals surface area (Å²) in [7, 11) is 0. The zero-order chi connectivity index (χ0) is 15.3. The van der Waals surface area contributed by atoms with Crippen LogP contribution in [0, 0.1) is 0 Å². The lowest BCUT2D eigenvalue weighted by molar-refractivity contribution is -0.133. The molecule has 1 amide bonds. The van der Waals surface area contributed by atoms with Gasteiger partial charge in [0.2, 0.25) is 5.91 Å². The predicted molar refractivity (Wildman–Crippen MR) is 75.9 cm³/mol. The van der Waals surface area contributed by atoms with Crippen LogP contribution in [-0.2, 0) is 9.59 Å². The third kappa shape index (κ3) is 3.96. The fourth-order valence-electron chi connectivity index (χ4n) is 1.71. The molecule has 0 fully saturated rings. The molecule has 1 atom stereocenters. The number of hydrogen-bond donors (Lipinski definition) is 2. The molecule has 0 aromatic carbocycles. The minimum Gasteiger partial charge on any atom is -0.481 e. The van der Waals surface area contributed by atoms with Gasteiger partial charge in [0.15, 0.2) is 5.16 Å². The van der Waals surface area contributed by atoms with Crippen LogP contribution in [0.4, 0.5) is 0 Å². The van der Waals surface area contributed by atoms with Crippen LogP contribution in [0.1, 0.15) is 45.5 Å². The monoisotopic (exact) mass is 300 g/mol. The van der Waals surface area contributed by atoms with Crippen molar-refractivity contribution in [3.05, 3.63) is 5.82 Å². The molecule has 0 aliphatic carbocycles. The van der Waals surface area contributed by atoms with Gasteiger partial charge in [-0.05, 0) is 13.8 Å². The summed E-state index contributed by atoms with van der Waals surface area (Å²) in [5, 5.41) is 20.0. The number of nitrogens with zero attached hydrogens (tertiary/aromatic N) is 3. The SMILES string of the molecule is CCNC(=O)C(C)n1c(SCC(=O)O)nnc1C(C)C. The normalized spacial score (nSPS) is 12.4. The van der Waals surface area contributed by atoms with Gasteiger partial charge in [0.05, 0.1) is 5.75 Å². The van der Waals surface area contributed by atoms with Crippen LogP contribution in [0.15, 0.2) is 5.16 Å². The van der Waals surface area contributed by atoms with Gasteiger partial charge in [0.25, 0.3) is 0 Å². The number of hydrogen-bond acceptors (Lipinski definition) is 5. The Labute approximate surface area is 122 Å². The highest BCUT2D eigenvalue weighted by Gasteiger charge is 2.24. The molecule has 1 unspecified atom stereocenters. The third-order valence-electron chi connectivity index (χ3n) is 2.65. The summed E-state index contributed by atoms with van der Waals surface area (Å²) in [5.41, 5.74) is 0. The number of likely N-dealkylation sites (N-methyl/N-ethyl adjacent to an activating group) is 1. The Morgan fingerprint density at radius 3 is 2.50 bits per heavy atom. The van der Waals surface area contributed by atoms with Crippen LogP contribution in [0.5, 0.6) is 0 Å². The number of aromatic nitrogens is 3. The Kier molecular flexibility index (Phi) is 6.00. The molecule has 112 valence electrons. The van der Waals surface area contributed by atoms with Gasteiger partial charge in [-0.2, -0.15) is 0 Å². The van der Waals surface area contributed by atoms with E-state index in [9.17, 15) is 9.59 Å². The van der Waals surface area contributed by atoms with Crippen LogP contribution in [-0.4, -0.2) is 44.0 Å². The number of nitrogens with one attached hydrogen (secondary N) is 1. The summed E-state index contributed by atoms with van der Waals surface area (Å²) in [6.07, 6.45) is 0. The lowest BCUT2D eigenvalue weighted by atomic mass is 10.2. The summed E-state index contributed by atoms with van der Waals surface area (Å²) in [4.78, 5) is 22.7. The van der Waals surface area contributed by atoms with Crippen molar-refractivity contribution in [3.63, 3.8) is 0 Å². The first-order valence-electron chi connectivity index (χ1n) is 6.45. The van der Waals surface area contributed by atoms with Crippen molar-refractivity contribution in [2.45, 2.75) is 44.8 Å². The smallest absolute Gasteiger partial charge is 0.313 e. The lowest BCUT2D eigenvalue weighted by Crippen LogP contribution is -2.32. The number of carboxylic acids is 1. The maximum atomic E-state index is 12.0. The Bertz CT molecular complexity index is 487. The molecule has 2 N–H and O–H groups in total. The highest BCUT2D eigenvalue weighted by Crippen LogP contribution is 2.25. The first-order chi connectivity index (χ1) is 9.38. The van der Waals surface area contributed by atoms with E-state index in [0.29, 0.717) is 17.5 Å². The molecule has 0 saturated carbocycles. The molecule has 0 spiro atoms. The Balaban J connectivity index is 3.07. The van der Waals surface area contributed by atoms with Crippen LogP contribution in [0.25, 0.3) is 0 Å². The summed E-state index contributed by atoms with van der Waals surface area (Å²) < 4.78 is 1.71. The molecule has 8 heteroatoms. The van der Waals surface area contributed by atoms with E-state index < -0.39 is 12.0 Å². The van der Waals surface area contributed by atoms with Crippen LogP contribution in [0.3, 0.4) is 0 Å². The van der Waals surface area contributed by atoms with Crippen LogP contribution < -0.4 is 5.32 Å². The van der Waals surface area contributed by atoms with E-state index in [-0.39, 0.29) is 17.6 Å². The van der Waals surface area contributed by atoms with Crippen molar-refractivity contribution >= 4 is 23.6 Å². The minimum atomic E-state index is -0.929. The summed E-state index contributed by atoms with van der Waals surface area (Å²) in [5.74, 6) is -0.402. The molecule has 1 heterocycles. The van der Waals surface area contributed by atoms with E-state index in [1.165, 1.54) is 0 Å². The number of thioether (sulfide) groups is 1. The summed E-state index contributed by atoms with van der Waals surface area (Å²) >= 11 is 1.07. The van der Waals surface area contributed by atoms with E-state index >= 15 is 0 Å². The summed E-state index contributed by atoms with van der Waals surface area (Å²) in [6.45, 7) is 8.05. The maximum Gasteiger partial charge on any atom is 0.313 e. The average Bonchev–Trinajstić information content (AvgIpc) is 2.79. The molecule has 0 saturated heterocycles. The lowest BCUT2D eigenvalue weighted by Gasteiger charge is -2.18. The molecule has 20 heavy (non-hydrogen) atoms. The minimum absolute atomic E-state index is 0.0959. The van der Waals surface area contributed by atoms with E-state index in [2.05, 4.69) is 15.5 Å². The molecule has 1 aromatic heterocycles. The molecule has 0 aliphatic rings. The second kappa shape index (κ2) is 7.28. The van der Waals surface area contributed by atoms with Crippen molar-refractivity contribution in [1.29, 1.82) is 0 Å². The van der Waals surface area contributed by atoms with Gasteiger partial charge >= 0.3 is 5.97 Å². The molecule has 0 radical (unpaired) electrons. The quantitative estimate of drug-likeness (QED) is 0.736. The molecular formula is C12H20N4O3S. The van der Waals surface area contributed by atoms with E-state index in [1.807, 2.05) is 20.8 Å². The molecule has 1 aromatic rings. The van der Waals surface area contributed by atoms with E-state index in [0.717, 1.165) is 11.8 Å². The van der Waals surface area contributed by atoms with Gasteiger partial charge in [-0.25, -0.2) is 0 Å². The fourth-order valence-corrected chi connectivity index (χ4v) is 2.45. The van der Waals surface area contributed by atoms with Crippen molar-refractivity contribution in [2.75, 3.05) is 12.3 Å². The number of carboxylic acid groups (broad SMARTS) is 1. The Hall–Kier alpha value is -1.57. The van der Waals surface area contributed by atoms with Gasteiger partial charge in [-0.15, -0.1) is 10.2 Å². The first kappa shape index (κ1) is 16.5. The second-order valence-electron chi connectivity index (χ2n) is 4.62. The number of rotatable bonds is 7. The number of amides is 1. The molecular weight excluding hydrogens is 280 g/mol. The van der Waals surface area contributed by atoms with Crippen molar-refractivity contribution < 1.29 is 14.7 Å². The highest BCUT2D eigenvalue weighted by atomic mass is 32.2. The van der Waals surface area contributed by atoms with E-state index in [1.54, 1.807) is 11.5 Å². The van der Waals surface area contributed by atoms with Gasteiger partial charge in [-0.3, -0.25) is 14.2 Å². The average molecular weight is 300 g/mol. The van der Waals surface area contributed by atoms with E-state index in [4.69, 9.17) is 5.11 Å².